The van der Waals surface area contributed by atoms with Crippen LogP contribution in [0, 0.1) is 17.3 Å². The monoisotopic (exact) mass is 365 g/mol. The maximum atomic E-state index is 12.9. The van der Waals surface area contributed by atoms with Crippen molar-refractivity contribution < 1.29 is 18.1 Å². The fourth-order valence-corrected chi connectivity index (χ4v) is 5.10. The quantitative estimate of drug-likeness (QED) is 0.807. The molecular formula is C21H28F3N2+. The molecule has 0 amide bonds. The third-order valence-electron chi connectivity index (χ3n) is 7.05. The van der Waals surface area contributed by atoms with E-state index in [2.05, 4.69) is 24.8 Å². The first kappa shape index (κ1) is 17.9. The van der Waals surface area contributed by atoms with Crippen LogP contribution in [0.1, 0.15) is 32.3 Å². The molecule has 142 valence electrons. The van der Waals surface area contributed by atoms with Gasteiger partial charge in [-0.1, -0.05) is 26.0 Å². The van der Waals surface area contributed by atoms with Crippen LogP contribution in [0.5, 0.6) is 0 Å². The summed E-state index contributed by atoms with van der Waals surface area (Å²) in [6.07, 6.45) is 0.769. The van der Waals surface area contributed by atoms with Gasteiger partial charge in [-0.2, -0.15) is 13.2 Å². The Bertz CT molecular complexity index is 699. The second-order valence-electron chi connectivity index (χ2n) is 8.78. The van der Waals surface area contributed by atoms with Gasteiger partial charge in [0.05, 0.1) is 38.3 Å². The highest BCUT2D eigenvalue weighted by atomic mass is 19.4. The first-order chi connectivity index (χ1) is 12.2. The van der Waals surface area contributed by atoms with Crippen LogP contribution in [-0.2, 0) is 6.18 Å². The number of nitrogens with one attached hydrogen (secondary N) is 1. The number of alkyl halides is 3. The molecule has 5 rings (SSSR count). The smallest absolute Gasteiger partial charge is 0.360 e. The molecule has 0 radical (unpaired) electrons. The van der Waals surface area contributed by atoms with Gasteiger partial charge in [-0.25, -0.2) is 0 Å². The van der Waals surface area contributed by atoms with E-state index in [1.807, 2.05) is 0 Å². The van der Waals surface area contributed by atoms with E-state index in [4.69, 9.17) is 0 Å². The third-order valence-corrected chi connectivity index (χ3v) is 7.05. The fourth-order valence-electron chi connectivity index (χ4n) is 5.10. The van der Waals surface area contributed by atoms with Crippen LogP contribution in [-0.4, -0.2) is 32.7 Å². The standard InChI is InChI=1S/C21H27F3N2/c1-20(2)16-7-6-15(19(20)13-16)14-25-8-10-26(11-9-25)18-5-3-4-17(12-18)21(22,23)24/h3-6,12,16,19H,7-11,13-14H2,1-2H3/p+1/t16-,19-/m1/s1. The van der Waals surface area contributed by atoms with Gasteiger partial charge in [0, 0.05) is 5.69 Å². The van der Waals surface area contributed by atoms with Crippen molar-refractivity contribution in [3.8, 4) is 0 Å². The van der Waals surface area contributed by atoms with Crippen molar-refractivity contribution in [2.24, 2.45) is 17.3 Å². The number of hydrogen-bond donors (Lipinski definition) is 1. The van der Waals surface area contributed by atoms with Crippen molar-refractivity contribution in [1.29, 1.82) is 0 Å². The summed E-state index contributed by atoms with van der Waals surface area (Å²) in [6, 6.07) is 5.74. The van der Waals surface area contributed by atoms with Crippen LogP contribution < -0.4 is 9.80 Å². The minimum Gasteiger partial charge on any atom is -0.360 e. The first-order valence-electron chi connectivity index (χ1n) is 9.70. The Morgan fingerprint density at radius 1 is 1.19 bits per heavy atom. The van der Waals surface area contributed by atoms with Crippen LogP contribution in [0.4, 0.5) is 18.9 Å². The summed E-state index contributed by atoms with van der Waals surface area (Å²) >= 11 is 0. The van der Waals surface area contributed by atoms with Gasteiger partial charge in [-0.15, -0.1) is 0 Å². The summed E-state index contributed by atoms with van der Waals surface area (Å²) in [7, 11) is 0. The number of anilines is 1. The number of fused-ring (bicyclic) bond motifs is 1. The molecule has 0 unspecified atom stereocenters. The van der Waals surface area contributed by atoms with Crippen molar-refractivity contribution in [2.75, 3.05) is 37.6 Å². The number of allylic oxidation sites excluding steroid dienone is 1. The number of halogens is 3. The molecule has 26 heavy (non-hydrogen) atoms. The van der Waals surface area contributed by atoms with Crippen molar-refractivity contribution in [1.82, 2.24) is 0 Å². The molecule has 2 atom stereocenters. The molecule has 1 aromatic rings. The Labute approximate surface area is 153 Å². The molecule has 1 saturated carbocycles. The van der Waals surface area contributed by atoms with E-state index in [9.17, 15) is 13.2 Å². The SMILES string of the molecule is CC1(C)[C@@H]2CC=C(C[NH+]3CCN(c4cccc(C(F)(F)F)c4)CC3)[C@H]1C2. The van der Waals surface area contributed by atoms with Gasteiger partial charge in [0.1, 0.15) is 0 Å². The summed E-state index contributed by atoms with van der Waals surface area (Å²) in [6.45, 7) is 9.53. The maximum absolute atomic E-state index is 12.9. The second-order valence-corrected chi connectivity index (χ2v) is 8.78. The van der Waals surface area contributed by atoms with E-state index >= 15 is 0 Å². The molecule has 0 aromatic heterocycles. The Morgan fingerprint density at radius 3 is 2.54 bits per heavy atom. The molecule has 3 aliphatic carbocycles. The highest BCUT2D eigenvalue weighted by Gasteiger charge is 2.51. The van der Waals surface area contributed by atoms with Crippen LogP contribution >= 0.6 is 0 Å². The lowest BCUT2D eigenvalue weighted by Gasteiger charge is -2.56. The molecule has 1 aliphatic heterocycles. The van der Waals surface area contributed by atoms with Crippen LogP contribution in [0.25, 0.3) is 0 Å². The van der Waals surface area contributed by atoms with Crippen LogP contribution in [0.3, 0.4) is 0 Å². The predicted octanol–water partition coefficient (Wildman–Crippen LogP) is 3.40. The lowest BCUT2D eigenvalue weighted by atomic mass is 9.49. The van der Waals surface area contributed by atoms with Gasteiger partial charge in [-0.3, -0.25) is 0 Å². The molecule has 2 bridgehead atoms. The van der Waals surface area contributed by atoms with Gasteiger partial charge in [0.15, 0.2) is 0 Å². The van der Waals surface area contributed by atoms with Gasteiger partial charge in [0.25, 0.3) is 0 Å². The zero-order valence-corrected chi connectivity index (χ0v) is 15.6. The van der Waals surface area contributed by atoms with Gasteiger partial charge < -0.3 is 9.80 Å². The van der Waals surface area contributed by atoms with Gasteiger partial charge in [0.2, 0.25) is 0 Å². The lowest BCUT2D eigenvalue weighted by Crippen LogP contribution is -3.15. The van der Waals surface area contributed by atoms with Crippen molar-refractivity contribution in [3.05, 3.63) is 41.5 Å². The number of rotatable bonds is 3. The number of quaternary nitrogens is 1. The number of benzene rings is 1. The average Bonchev–Trinajstić information content (AvgIpc) is 2.62. The van der Waals surface area contributed by atoms with Crippen molar-refractivity contribution in [3.63, 3.8) is 0 Å². The minimum atomic E-state index is -4.27. The van der Waals surface area contributed by atoms with Crippen LogP contribution in [0.2, 0.25) is 0 Å². The Balaban J connectivity index is 1.36. The van der Waals surface area contributed by atoms with E-state index in [1.54, 1.807) is 16.5 Å². The molecule has 0 spiro atoms. The predicted molar refractivity (Wildman–Crippen MR) is 97.3 cm³/mol. The van der Waals surface area contributed by atoms with Crippen molar-refractivity contribution in [2.45, 2.75) is 32.9 Å². The summed E-state index contributed by atoms with van der Waals surface area (Å²) in [5.41, 5.74) is 2.22. The number of nitrogens with zero attached hydrogens (tertiary/aromatic N) is 1. The summed E-state index contributed by atoms with van der Waals surface area (Å²) in [5.74, 6) is 1.61. The normalized spacial score (nSPS) is 28.5. The van der Waals surface area contributed by atoms with E-state index < -0.39 is 11.7 Å². The molecule has 2 fully saturated rings. The number of piperazine rings is 1. The van der Waals surface area contributed by atoms with E-state index in [-0.39, 0.29) is 0 Å². The molecule has 1 saturated heterocycles. The summed E-state index contributed by atoms with van der Waals surface area (Å²) in [4.78, 5) is 3.66. The molecule has 1 N–H and O–H groups in total. The van der Waals surface area contributed by atoms with E-state index in [1.165, 1.54) is 25.0 Å². The first-order valence-corrected chi connectivity index (χ1v) is 9.70. The molecular weight excluding hydrogens is 337 g/mol. The third kappa shape index (κ3) is 3.15. The lowest BCUT2D eigenvalue weighted by molar-refractivity contribution is -0.896. The highest BCUT2D eigenvalue weighted by Crippen LogP contribution is 2.58. The zero-order valence-electron chi connectivity index (χ0n) is 15.6. The molecule has 1 heterocycles. The van der Waals surface area contributed by atoms with E-state index in [0.717, 1.165) is 50.6 Å². The summed E-state index contributed by atoms with van der Waals surface area (Å²) < 4.78 is 38.8. The van der Waals surface area contributed by atoms with Gasteiger partial charge >= 0.3 is 6.18 Å². The Kier molecular flexibility index (Phi) is 4.33. The second kappa shape index (κ2) is 6.29. The molecule has 5 heteroatoms. The Hall–Kier alpha value is -1.49. The fraction of sp³-hybridized carbons (Fsp3) is 0.619. The number of hydrogen-bond acceptors (Lipinski definition) is 1. The maximum Gasteiger partial charge on any atom is 0.416 e. The minimum absolute atomic E-state index is 0.462. The largest absolute Gasteiger partial charge is 0.416 e. The zero-order chi connectivity index (χ0) is 18.5. The molecule has 4 aliphatic rings. The average molecular weight is 365 g/mol. The summed E-state index contributed by atoms with van der Waals surface area (Å²) in [5, 5.41) is 0. The topological polar surface area (TPSA) is 7.68 Å². The highest BCUT2D eigenvalue weighted by molar-refractivity contribution is 5.49. The Morgan fingerprint density at radius 2 is 1.92 bits per heavy atom. The van der Waals surface area contributed by atoms with E-state index in [0.29, 0.717) is 11.1 Å². The van der Waals surface area contributed by atoms with Gasteiger partial charge in [-0.05, 0) is 53.9 Å². The van der Waals surface area contributed by atoms with Crippen molar-refractivity contribution >= 4 is 5.69 Å². The van der Waals surface area contributed by atoms with Crippen LogP contribution in [0.15, 0.2) is 35.9 Å². The molecule has 2 nitrogen and oxygen atoms in total. The molecule has 1 aromatic carbocycles.